The summed E-state index contributed by atoms with van der Waals surface area (Å²) in [5.74, 6) is 1.25. The lowest BCUT2D eigenvalue weighted by Crippen LogP contribution is -1.80. The molecular weight excluding hydrogens is 188 g/mol. The fourth-order valence-corrected chi connectivity index (χ4v) is 1.97. The van der Waals surface area contributed by atoms with Gasteiger partial charge in [-0.15, -0.1) is 11.8 Å². The van der Waals surface area contributed by atoms with Crippen LogP contribution in [0.5, 0.6) is 0 Å². The van der Waals surface area contributed by atoms with Crippen LogP contribution in [0.25, 0.3) is 0 Å². The van der Waals surface area contributed by atoms with Crippen molar-refractivity contribution in [3.63, 3.8) is 0 Å². The monoisotopic (exact) mass is 210 g/mol. The second-order valence-electron chi connectivity index (χ2n) is 3.30. The van der Waals surface area contributed by atoms with E-state index in [0.717, 1.165) is 6.42 Å². The van der Waals surface area contributed by atoms with Gasteiger partial charge in [0, 0.05) is 0 Å². The first-order valence-corrected chi connectivity index (χ1v) is 6.35. The predicted octanol–water partition coefficient (Wildman–Crippen LogP) is 4.95. The highest BCUT2D eigenvalue weighted by molar-refractivity contribution is 8.03. The molecule has 0 spiro atoms. The fraction of sp³-hybridized carbons (Fsp3) is 0.538. The van der Waals surface area contributed by atoms with Gasteiger partial charge in [0.25, 0.3) is 0 Å². The molecule has 0 nitrogen and oxygen atoms in total. The Bertz CT molecular complexity index is 211. The molecule has 0 fully saturated rings. The first-order valence-electron chi connectivity index (χ1n) is 5.37. The lowest BCUT2D eigenvalue weighted by Gasteiger charge is -2.02. The second-order valence-corrected chi connectivity index (χ2v) is 4.52. The molecule has 0 aromatic heterocycles. The van der Waals surface area contributed by atoms with Crippen molar-refractivity contribution in [2.24, 2.45) is 0 Å². The van der Waals surface area contributed by atoms with E-state index in [2.05, 4.69) is 39.5 Å². The predicted molar refractivity (Wildman–Crippen MR) is 69.7 cm³/mol. The zero-order valence-electron chi connectivity index (χ0n) is 9.68. The number of unbranched alkanes of at least 4 members (excludes halogenated alkanes) is 1. The minimum atomic E-state index is 1.13. The highest BCUT2D eigenvalue weighted by atomic mass is 32.2. The largest absolute Gasteiger partial charge is 0.131 e. The van der Waals surface area contributed by atoms with Gasteiger partial charge in [-0.2, -0.15) is 0 Å². The Labute approximate surface area is 93.2 Å². The van der Waals surface area contributed by atoms with Crippen LogP contribution >= 0.6 is 11.8 Å². The van der Waals surface area contributed by atoms with Crippen LogP contribution in [-0.4, -0.2) is 5.75 Å². The summed E-state index contributed by atoms with van der Waals surface area (Å²) in [6.07, 6.45) is 9.98. The molecule has 0 atom stereocenters. The average molecular weight is 210 g/mol. The van der Waals surface area contributed by atoms with Crippen LogP contribution in [0.3, 0.4) is 0 Å². The van der Waals surface area contributed by atoms with E-state index in [-0.39, 0.29) is 0 Å². The van der Waals surface area contributed by atoms with Crippen LogP contribution in [0.1, 0.15) is 40.0 Å². The fourth-order valence-electron chi connectivity index (χ4n) is 0.908. The molecule has 0 aromatic rings. The maximum absolute atomic E-state index is 3.74. The van der Waals surface area contributed by atoms with Gasteiger partial charge in [0.2, 0.25) is 0 Å². The lowest BCUT2D eigenvalue weighted by molar-refractivity contribution is 0.897. The molecule has 0 unspecified atom stereocenters. The highest BCUT2D eigenvalue weighted by Crippen LogP contribution is 2.20. The molecule has 0 aliphatic rings. The normalized spacial score (nSPS) is 13.1. The highest BCUT2D eigenvalue weighted by Gasteiger charge is 1.93. The standard InChI is InChI=1S/C13H22S/c1-5-8-11-14-13(7-3)10-9-12(4)6-2/h6,9-10H,2,5,7-8,11H2,1,3-4H3/b12-9-,13-10+. The number of rotatable bonds is 7. The molecule has 0 bridgehead atoms. The van der Waals surface area contributed by atoms with Crippen LogP contribution in [0.4, 0.5) is 0 Å². The van der Waals surface area contributed by atoms with E-state index in [0.29, 0.717) is 0 Å². The van der Waals surface area contributed by atoms with Crippen molar-refractivity contribution >= 4 is 11.8 Å². The van der Waals surface area contributed by atoms with E-state index < -0.39 is 0 Å². The molecule has 0 rings (SSSR count). The molecule has 0 saturated carbocycles. The van der Waals surface area contributed by atoms with E-state index in [1.807, 2.05) is 17.8 Å². The van der Waals surface area contributed by atoms with Gasteiger partial charge in [-0.05, 0) is 30.4 Å². The van der Waals surface area contributed by atoms with Gasteiger partial charge < -0.3 is 0 Å². The molecule has 80 valence electrons. The molecule has 1 heteroatoms. The van der Waals surface area contributed by atoms with Crippen molar-refractivity contribution in [1.82, 2.24) is 0 Å². The third kappa shape index (κ3) is 7.02. The van der Waals surface area contributed by atoms with Crippen LogP contribution in [-0.2, 0) is 0 Å². The molecule has 0 aromatic carbocycles. The zero-order valence-corrected chi connectivity index (χ0v) is 10.5. The summed E-state index contributed by atoms with van der Waals surface area (Å²) in [6, 6.07) is 0. The van der Waals surface area contributed by atoms with Crippen LogP contribution in [0.15, 0.2) is 35.3 Å². The number of hydrogen-bond acceptors (Lipinski definition) is 1. The first kappa shape index (κ1) is 13.6. The van der Waals surface area contributed by atoms with Crippen LogP contribution < -0.4 is 0 Å². The van der Waals surface area contributed by atoms with E-state index >= 15 is 0 Å². The van der Waals surface area contributed by atoms with E-state index in [4.69, 9.17) is 0 Å². The van der Waals surface area contributed by atoms with Gasteiger partial charge in [0.1, 0.15) is 0 Å². The minimum absolute atomic E-state index is 1.13. The van der Waals surface area contributed by atoms with E-state index in [1.54, 1.807) is 0 Å². The topological polar surface area (TPSA) is 0 Å². The Morgan fingerprint density at radius 2 is 2.00 bits per heavy atom. The zero-order chi connectivity index (χ0) is 10.8. The maximum Gasteiger partial charge on any atom is -0.00233 e. The molecule has 0 aliphatic carbocycles. The van der Waals surface area contributed by atoms with Crippen LogP contribution in [0.2, 0.25) is 0 Å². The Morgan fingerprint density at radius 1 is 1.29 bits per heavy atom. The van der Waals surface area contributed by atoms with Gasteiger partial charge in [0.15, 0.2) is 0 Å². The molecule has 0 heterocycles. The SMILES string of the molecule is C=C/C(C)=C\C=C(/CC)SCCCC. The summed E-state index contributed by atoms with van der Waals surface area (Å²) in [7, 11) is 0. The Balaban J connectivity index is 4.04. The summed E-state index contributed by atoms with van der Waals surface area (Å²) in [5.41, 5.74) is 1.23. The van der Waals surface area contributed by atoms with Crippen LogP contribution in [0, 0.1) is 0 Å². The van der Waals surface area contributed by atoms with Crippen molar-refractivity contribution in [1.29, 1.82) is 0 Å². The summed E-state index contributed by atoms with van der Waals surface area (Å²) >= 11 is 1.98. The second kappa shape index (κ2) is 9.14. The maximum atomic E-state index is 3.74. The van der Waals surface area contributed by atoms with Gasteiger partial charge in [-0.1, -0.05) is 50.6 Å². The summed E-state index contributed by atoms with van der Waals surface area (Å²) in [4.78, 5) is 1.47. The van der Waals surface area contributed by atoms with Gasteiger partial charge in [-0.3, -0.25) is 0 Å². The van der Waals surface area contributed by atoms with E-state index in [1.165, 1.54) is 29.1 Å². The average Bonchev–Trinajstić information content (AvgIpc) is 2.22. The molecule has 0 radical (unpaired) electrons. The smallest absolute Gasteiger partial charge is 0.00233 e. The summed E-state index contributed by atoms with van der Waals surface area (Å²) < 4.78 is 0. The third-order valence-corrected chi connectivity index (χ3v) is 3.28. The van der Waals surface area contributed by atoms with Crippen molar-refractivity contribution < 1.29 is 0 Å². The summed E-state index contributed by atoms with van der Waals surface area (Å²) in [5, 5.41) is 0. The van der Waals surface area contributed by atoms with Gasteiger partial charge >= 0.3 is 0 Å². The Morgan fingerprint density at radius 3 is 2.50 bits per heavy atom. The van der Waals surface area contributed by atoms with Crippen molar-refractivity contribution in [2.75, 3.05) is 5.75 Å². The molecule has 0 amide bonds. The van der Waals surface area contributed by atoms with Gasteiger partial charge in [-0.25, -0.2) is 0 Å². The molecule has 14 heavy (non-hydrogen) atoms. The minimum Gasteiger partial charge on any atom is -0.131 e. The van der Waals surface area contributed by atoms with Gasteiger partial charge in [0.05, 0.1) is 0 Å². The number of thioether (sulfide) groups is 1. The Kier molecular flexibility index (Phi) is 8.86. The number of hydrogen-bond donors (Lipinski definition) is 0. The summed E-state index contributed by atoms with van der Waals surface area (Å²) in [6.45, 7) is 10.3. The third-order valence-electron chi connectivity index (χ3n) is 1.99. The number of allylic oxidation sites excluding steroid dienone is 5. The molecular formula is C13H22S. The molecule has 0 aliphatic heterocycles. The molecule has 0 N–H and O–H groups in total. The van der Waals surface area contributed by atoms with Crippen molar-refractivity contribution in [3.8, 4) is 0 Å². The van der Waals surface area contributed by atoms with Crippen molar-refractivity contribution in [3.05, 3.63) is 35.3 Å². The lowest BCUT2D eigenvalue weighted by atomic mass is 10.2. The van der Waals surface area contributed by atoms with E-state index in [9.17, 15) is 0 Å². The molecule has 0 saturated heterocycles. The Hall–Kier alpha value is -0.430. The quantitative estimate of drug-likeness (QED) is 0.423. The van der Waals surface area contributed by atoms with Crippen molar-refractivity contribution in [2.45, 2.75) is 40.0 Å². The first-order chi connectivity index (χ1) is 6.74.